The van der Waals surface area contributed by atoms with E-state index < -0.39 is 29.6 Å². The molecule has 35 heavy (non-hydrogen) atoms. The third-order valence-electron chi connectivity index (χ3n) is 5.74. The predicted octanol–water partition coefficient (Wildman–Crippen LogP) is 1.30. The van der Waals surface area contributed by atoms with Crippen LogP contribution in [0.2, 0.25) is 0 Å². The molecule has 1 aromatic rings. The van der Waals surface area contributed by atoms with Crippen LogP contribution in [0.5, 0.6) is 0 Å². The first-order chi connectivity index (χ1) is 16.6. The molecule has 11 nitrogen and oxygen atoms in total. The zero-order chi connectivity index (χ0) is 25.2. The van der Waals surface area contributed by atoms with Crippen molar-refractivity contribution in [3.05, 3.63) is 48.0 Å². The van der Waals surface area contributed by atoms with Crippen molar-refractivity contribution in [2.75, 3.05) is 13.1 Å². The SMILES string of the molecule is CC(C)(C)OC(=O)NC(=NCc1ccccc1)NC(=O)NCCN1C(=O)C2C3C=CC(O3)C2C1=O. The summed E-state index contributed by atoms with van der Waals surface area (Å²) < 4.78 is 10.8. The number of hydrogen-bond acceptors (Lipinski definition) is 7. The van der Waals surface area contributed by atoms with Crippen molar-refractivity contribution in [3.63, 3.8) is 0 Å². The molecule has 0 spiro atoms. The fraction of sp³-hybridized carbons (Fsp3) is 0.458. The van der Waals surface area contributed by atoms with Gasteiger partial charge in [-0.3, -0.25) is 25.1 Å². The van der Waals surface area contributed by atoms with E-state index in [0.717, 1.165) is 5.56 Å². The number of carbonyl (C=O) groups is 4. The van der Waals surface area contributed by atoms with E-state index in [1.54, 1.807) is 20.8 Å². The van der Waals surface area contributed by atoms with Crippen molar-refractivity contribution in [1.82, 2.24) is 20.9 Å². The van der Waals surface area contributed by atoms with Gasteiger partial charge < -0.3 is 14.8 Å². The van der Waals surface area contributed by atoms with E-state index in [9.17, 15) is 19.2 Å². The second-order valence-corrected chi connectivity index (χ2v) is 9.49. The van der Waals surface area contributed by atoms with Crippen molar-refractivity contribution in [2.45, 2.75) is 45.1 Å². The molecule has 2 bridgehead atoms. The van der Waals surface area contributed by atoms with Gasteiger partial charge in [0.2, 0.25) is 17.8 Å². The second kappa shape index (κ2) is 9.87. The topological polar surface area (TPSA) is 138 Å². The number of urea groups is 1. The number of fused-ring (bicyclic) bond motifs is 5. The predicted molar refractivity (Wildman–Crippen MR) is 125 cm³/mol. The van der Waals surface area contributed by atoms with Crippen molar-refractivity contribution in [2.24, 2.45) is 16.8 Å². The number of alkyl carbamates (subject to hydrolysis) is 1. The molecule has 3 N–H and O–H groups in total. The van der Waals surface area contributed by atoms with E-state index in [2.05, 4.69) is 20.9 Å². The summed E-state index contributed by atoms with van der Waals surface area (Å²) in [7, 11) is 0. The minimum Gasteiger partial charge on any atom is -0.444 e. The lowest BCUT2D eigenvalue weighted by Crippen LogP contribution is -2.50. The molecule has 3 aliphatic heterocycles. The fourth-order valence-corrected chi connectivity index (χ4v) is 4.28. The van der Waals surface area contributed by atoms with Crippen LogP contribution in [-0.2, 0) is 25.6 Å². The normalized spacial score (nSPS) is 25.0. The van der Waals surface area contributed by atoms with Crippen molar-refractivity contribution in [3.8, 4) is 0 Å². The van der Waals surface area contributed by atoms with E-state index in [1.807, 2.05) is 42.5 Å². The van der Waals surface area contributed by atoms with Gasteiger partial charge in [0.15, 0.2) is 0 Å². The summed E-state index contributed by atoms with van der Waals surface area (Å²) in [6.07, 6.45) is 2.16. The van der Waals surface area contributed by atoms with Crippen LogP contribution in [0, 0.1) is 11.8 Å². The number of hydrogen-bond donors (Lipinski definition) is 3. The Bertz CT molecular complexity index is 1030. The number of nitrogens with one attached hydrogen (secondary N) is 3. The maximum Gasteiger partial charge on any atom is 0.414 e. The average molecular weight is 484 g/mol. The molecule has 4 atom stereocenters. The van der Waals surface area contributed by atoms with Crippen LogP contribution in [0.1, 0.15) is 26.3 Å². The lowest BCUT2D eigenvalue weighted by atomic mass is 9.85. The number of imide groups is 1. The largest absolute Gasteiger partial charge is 0.444 e. The number of amides is 5. The molecule has 0 saturated carbocycles. The smallest absolute Gasteiger partial charge is 0.414 e. The van der Waals surface area contributed by atoms with Gasteiger partial charge in [-0.2, -0.15) is 0 Å². The fourth-order valence-electron chi connectivity index (χ4n) is 4.28. The highest BCUT2D eigenvalue weighted by Gasteiger charge is 2.60. The Morgan fingerprint density at radius 3 is 2.26 bits per heavy atom. The molecule has 4 rings (SSSR count). The van der Waals surface area contributed by atoms with Crippen LogP contribution < -0.4 is 16.0 Å². The first-order valence-electron chi connectivity index (χ1n) is 11.4. The Balaban J connectivity index is 1.31. The Kier molecular flexibility index (Phi) is 6.88. The lowest BCUT2D eigenvalue weighted by Gasteiger charge is -2.20. The van der Waals surface area contributed by atoms with Gasteiger partial charge in [-0.15, -0.1) is 0 Å². The highest BCUT2D eigenvalue weighted by Crippen LogP contribution is 2.44. The van der Waals surface area contributed by atoms with Crippen molar-refractivity contribution >= 4 is 29.9 Å². The number of nitrogens with zero attached hydrogens (tertiary/aromatic N) is 2. The molecule has 1 aromatic carbocycles. The summed E-state index contributed by atoms with van der Waals surface area (Å²) in [5.41, 5.74) is 0.145. The lowest BCUT2D eigenvalue weighted by molar-refractivity contribution is -0.142. The minimum atomic E-state index is -0.769. The molecule has 0 aromatic heterocycles. The van der Waals surface area contributed by atoms with Crippen LogP contribution in [-0.4, -0.2) is 65.7 Å². The minimum absolute atomic E-state index is 0.0325. The molecule has 2 fully saturated rings. The highest BCUT2D eigenvalue weighted by molar-refractivity contribution is 6.07. The number of rotatable bonds is 5. The van der Waals surface area contributed by atoms with Gasteiger partial charge in [0, 0.05) is 13.1 Å². The molecule has 11 heteroatoms. The zero-order valence-electron chi connectivity index (χ0n) is 19.8. The summed E-state index contributed by atoms with van der Waals surface area (Å²) in [5, 5.41) is 7.52. The van der Waals surface area contributed by atoms with E-state index in [-0.39, 0.29) is 49.6 Å². The first kappa shape index (κ1) is 24.4. The summed E-state index contributed by atoms with van der Waals surface area (Å²) in [6, 6.07) is 8.65. The summed E-state index contributed by atoms with van der Waals surface area (Å²) in [4.78, 5) is 55.5. The Morgan fingerprint density at radius 1 is 1.03 bits per heavy atom. The number of guanidine groups is 1. The molecule has 0 radical (unpaired) electrons. The Morgan fingerprint density at radius 2 is 1.66 bits per heavy atom. The number of likely N-dealkylation sites (tertiary alicyclic amines) is 1. The van der Waals surface area contributed by atoms with Crippen LogP contribution in [0.4, 0.5) is 9.59 Å². The molecule has 3 heterocycles. The molecule has 5 amide bonds. The number of aliphatic imine (C=N–C) groups is 1. The van der Waals surface area contributed by atoms with E-state index >= 15 is 0 Å². The number of carbonyl (C=O) groups excluding carboxylic acids is 4. The van der Waals surface area contributed by atoms with Crippen LogP contribution >= 0.6 is 0 Å². The zero-order valence-corrected chi connectivity index (χ0v) is 19.8. The standard InChI is InChI=1S/C24H29N5O6/c1-24(2,3)35-23(33)28-21(26-13-14-7-5-4-6-8-14)27-22(32)25-11-12-29-19(30)17-15-9-10-16(34-15)18(17)20(29)31/h4-10,15-18H,11-13H2,1-3H3,(H3,25,26,27,28,32,33). The summed E-state index contributed by atoms with van der Waals surface area (Å²) in [6.45, 7) is 5.44. The Labute approximate surface area is 202 Å². The van der Waals surface area contributed by atoms with E-state index in [0.29, 0.717) is 0 Å². The van der Waals surface area contributed by atoms with Gasteiger partial charge in [-0.1, -0.05) is 42.5 Å². The maximum absolute atomic E-state index is 12.7. The van der Waals surface area contributed by atoms with E-state index in [4.69, 9.17) is 9.47 Å². The molecule has 4 unspecified atom stereocenters. The number of ether oxygens (including phenoxy) is 2. The summed E-state index contributed by atoms with van der Waals surface area (Å²) >= 11 is 0. The molecular formula is C24H29N5O6. The van der Waals surface area contributed by atoms with Gasteiger partial charge in [0.25, 0.3) is 0 Å². The third-order valence-corrected chi connectivity index (χ3v) is 5.74. The van der Waals surface area contributed by atoms with Crippen LogP contribution in [0.25, 0.3) is 0 Å². The molecule has 0 aliphatic carbocycles. The quantitative estimate of drug-likeness (QED) is 0.250. The van der Waals surface area contributed by atoms with Crippen LogP contribution in [0.3, 0.4) is 0 Å². The molecule has 3 aliphatic rings. The summed E-state index contributed by atoms with van der Waals surface area (Å²) in [5.74, 6) is -1.63. The van der Waals surface area contributed by atoms with Gasteiger partial charge in [0.1, 0.15) is 5.60 Å². The molecule has 186 valence electrons. The van der Waals surface area contributed by atoms with Crippen LogP contribution in [0.15, 0.2) is 47.5 Å². The monoisotopic (exact) mass is 483 g/mol. The van der Waals surface area contributed by atoms with Gasteiger partial charge in [-0.25, -0.2) is 14.6 Å². The Hall–Kier alpha value is -3.73. The molecule has 2 saturated heterocycles. The third kappa shape index (κ3) is 5.68. The van der Waals surface area contributed by atoms with Crippen molar-refractivity contribution in [1.29, 1.82) is 0 Å². The molecular weight excluding hydrogens is 454 g/mol. The highest BCUT2D eigenvalue weighted by atomic mass is 16.6. The van der Waals surface area contributed by atoms with Gasteiger partial charge >= 0.3 is 12.1 Å². The second-order valence-electron chi connectivity index (χ2n) is 9.49. The van der Waals surface area contributed by atoms with Gasteiger partial charge in [-0.05, 0) is 26.3 Å². The van der Waals surface area contributed by atoms with E-state index in [1.165, 1.54) is 4.90 Å². The maximum atomic E-state index is 12.7. The number of benzene rings is 1. The average Bonchev–Trinajstić information content (AvgIpc) is 3.47. The first-order valence-corrected chi connectivity index (χ1v) is 11.4. The van der Waals surface area contributed by atoms with Crippen molar-refractivity contribution < 1.29 is 28.7 Å². The van der Waals surface area contributed by atoms with Gasteiger partial charge in [0.05, 0.1) is 30.6 Å².